The average Bonchev–Trinajstić information content (AvgIpc) is 2.48. The first-order valence-corrected chi connectivity index (χ1v) is 8.39. The summed E-state index contributed by atoms with van der Waals surface area (Å²) in [7, 11) is 0. The van der Waals surface area contributed by atoms with E-state index in [4.69, 9.17) is 0 Å². The Labute approximate surface area is 120 Å². The molecule has 0 amide bonds. The van der Waals surface area contributed by atoms with Crippen molar-refractivity contribution in [3.8, 4) is 0 Å². The van der Waals surface area contributed by atoms with E-state index in [1.54, 1.807) is 0 Å². The van der Waals surface area contributed by atoms with Crippen LogP contribution in [0.2, 0.25) is 0 Å². The third-order valence-corrected chi connectivity index (χ3v) is 5.54. The van der Waals surface area contributed by atoms with E-state index >= 15 is 0 Å². The molecule has 19 heavy (non-hydrogen) atoms. The minimum atomic E-state index is 0.359. The monoisotopic (exact) mass is 266 g/mol. The predicted octanol–water partition coefficient (Wildman–Crippen LogP) is 5.62. The predicted molar refractivity (Wildman–Crippen MR) is 83.2 cm³/mol. The molecule has 0 saturated heterocycles. The molecule has 1 heteroatoms. The highest BCUT2D eigenvalue weighted by Crippen LogP contribution is 2.41. The van der Waals surface area contributed by atoms with E-state index in [9.17, 15) is 4.79 Å². The van der Waals surface area contributed by atoms with Gasteiger partial charge in [-0.3, -0.25) is 4.79 Å². The van der Waals surface area contributed by atoms with Crippen LogP contribution in [0.15, 0.2) is 0 Å². The van der Waals surface area contributed by atoms with Crippen molar-refractivity contribution < 1.29 is 4.79 Å². The molecule has 0 bridgehead atoms. The molecule has 3 unspecified atom stereocenters. The van der Waals surface area contributed by atoms with Gasteiger partial charge in [0.15, 0.2) is 0 Å². The van der Waals surface area contributed by atoms with Gasteiger partial charge in [-0.15, -0.1) is 0 Å². The first-order chi connectivity index (χ1) is 8.86. The second kappa shape index (κ2) is 7.45. The van der Waals surface area contributed by atoms with Crippen molar-refractivity contribution in [2.45, 2.75) is 86.0 Å². The molecule has 0 spiro atoms. The molecule has 0 aromatic rings. The van der Waals surface area contributed by atoms with Crippen molar-refractivity contribution in [3.05, 3.63) is 0 Å². The molecule has 1 saturated carbocycles. The van der Waals surface area contributed by atoms with Crippen molar-refractivity contribution >= 4 is 5.78 Å². The van der Waals surface area contributed by atoms with Crippen LogP contribution < -0.4 is 0 Å². The van der Waals surface area contributed by atoms with Crippen molar-refractivity contribution in [2.24, 2.45) is 23.2 Å². The van der Waals surface area contributed by atoms with Gasteiger partial charge in [-0.2, -0.15) is 0 Å². The molecule has 0 aromatic heterocycles. The fourth-order valence-corrected chi connectivity index (χ4v) is 3.33. The standard InChI is InChI=1S/C18H34O/c1-6-7-14(2)8-11-17(19)16-10-9-15(3)18(4,5)13-12-16/h14-16H,6-13H2,1-5H3. The zero-order chi connectivity index (χ0) is 14.5. The molecule has 3 atom stereocenters. The highest BCUT2D eigenvalue weighted by Gasteiger charge is 2.32. The Bertz CT molecular complexity index is 279. The Morgan fingerprint density at radius 2 is 1.89 bits per heavy atom. The molecule has 0 aromatic carbocycles. The fraction of sp³-hybridized carbons (Fsp3) is 0.944. The summed E-state index contributed by atoms with van der Waals surface area (Å²) >= 11 is 0. The maximum absolute atomic E-state index is 12.4. The number of Topliss-reactive ketones (excluding diaryl/α,β-unsaturated/α-hetero) is 1. The van der Waals surface area contributed by atoms with Crippen LogP contribution in [0.3, 0.4) is 0 Å². The van der Waals surface area contributed by atoms with Crippen LogP contribution in [-0.4, -0.2) is 5.78 Å². The molecular weight excluding hydrogens is 232 g/mol. The van der Waals surface area contributed by atoms with E-state index in [1.165, 1.54) is 25.7 Å². The van der Waals surface area contributed by atoms with E-state index < -0.39 is 0 Å². The minimum absolute atomic E-state index is 0.359. The zero-order valence-electron chi connectivity index (χ0n) is 13.8. The molecule has 112 valence electrons. The van der Waals surface area contributed by atoms with Gasteiger partial charge in [-0.25, -0.2) is 0 Å². The molecule has 1 nitrogen and oxygen atoms in total. The number of carbonyl (C=O) groups excluding carboxylic acids is 1. The molecule has 0 radical (unpaired) electrons. The Hall–Kier alpha value is -0.330. The summed E-state index contributed by atoms with van der Waals surface area (Å²) in [5.74, 6) is 2.38. The van der Waals surface area contributed by atoms with E-state index in [0.717, 1.165) is 37.5 Å². The van der Waals surface area contributed by atoms with Crippen LogP contribution in [0.25, 0.3) is 0 Å². The lowest BCUT2D eigenvalue weighted by molar-refractivity contribution is -0.123. The smallest absolute Gasteiger partial charge is 0.135 e. The molecule has 0 N–H and O–H groups in total. The summed E-state index contributed by atoms with van der Waals surface area (Å²) in [5.41, 5.74) is 0.421. The molecule has 1 rings (SSSR count). The maximum Gasteiger partial charge on any atom is 0.135 e. The highest BCUT2D eigenvalue weighted by atomic mass is 16.1. The number of rotatable bonds is 6. The normalized spacial score (nSPS) is 28.7. The topological polar surface area (TPSA) is 17.1 Å². The van der Waals surface area contributed by atoms with E-state index in [0.29, 0.717) is 17.1 Å². The van der Waals surface area contributed by atoms with Gasteiger partial charge in [0, 0.05) is 12.3 Å². The van der Waals surface area contributed by atoms with Crippen molar-refractivity contribution in [3.63, 3.8) is 0 Å². The lowest BCUT2D eigenvalue weighted by atomic mass is 9.76. The van der Waals surface area contributed by atoms with Crippen LogP contribution in [0, 0.1) is 23.2 Å². The third-order valence-electron chi connectivity index (χ3n) is 5.54. The van der Waals surface area contributed by atoms with Crippen LogP contribution in [-0.2, 0) is 4.79 Å². The van der Waals surface area contributed by atoms with Crippen molar-refractivity contribution in [1.29, 1.82) is 0 Å². The van der Waals surface area contributed by atoms with Gasteiger partial charge in [0.25, 0.3) is 0 Å². The minimum Gasteiger partial charge on any atom is -0.299 e. The van der Waals surface area contributed by atoms with Crippen LogP contribution in [0.4, 0.5) is 0 Å². The maximum atomic E-state index is 12.4. The van der Waals surface area contributed by atoms with E-state index in [-0.39, 0.29) is 0 Å². The van der Waals surface area contributed by atoms with E-state index in [2.05, 4.69) is 34.6 Å². The molecule has 1 aliphatic rings. The van der Waals surface area contributed by atoms with Crippen LogP contribution in [0.5, 0.6) is 0 Å². The van der Waals surface area contributed by atoms with Gasteiger partial charge in [0.2, 0.25) is 0 Å². The highest BCUT2D eigenvalue weighted by molar-refractivity contribution is 5.80. The SMILES string of the molecule is CCCC(C)CCC(=O)C1CCC(C)C(C)(C)CC1. The lowest BCUT2D eigenvalue weighted by Crippen LogP contribution is -2.19. The largest absolute Gasteiger partial charge is 0.299 e. The molecule has 1 fully saturated rings. The molecule has 1 aliphatic carbocycles. The van der Waals surface area contributed by atoms with Gasteiger partial charge in [-0.1, -0.05) is 47.5 Å². The molecule has 0 aliphatic heterocycles. The number of ketones is 1. The van der Waals surface area contributed by atoms with Crippen LogP contribution >= 0.6 is 0 Å². The second-order valence-electron chi connectivity index (χ2n) is 7.60. The zero-order valence-corrected chi connectivity index (χ0v) is 13.8. The van der Waals surface area contributed by atoms with Gasteiger partial charge >= 0.3 is 0 Å². The molecular formula is C18H34O. The van der Waals surface area contributed by atoms with Crippen LogP contribution in [0.1, 0.15) is 86.0 Å². The van der Waals surface area contributed by atoms with E-state index in [1.807, 2.05) is 0 Å². The molecule has 0 heterocycles. The summed E-state index contributed by atoms with van der Waals surface area (Å²) in [4.78, 5) is 12.4. The first kappa shape index (κ1) is 16.7. The van der Waals surface area contributed by atoms with Crippen molar-refractivity contribution in [2.75, 3.05) is 0 Å². The summed E-state index contributed by atoms with van der Waals surface area (Å²) in [6.45, 7) is 11.6. The van der Waals surface area contributed by atoms with Gasteiger partial charge in [-0.05, 0) is 49.4 Å². The lowest BCUT2D eigenvalue weighted by Gasteiger charge is -2.29. The third kappa shape index (κ3) is 5.28. The summed E-state index contributed by atoms with van der Waals surface area (Å²) < 4.78 is 0. The number of hydrogen-bond acceptors (Lipinski definition) is 1. The Kier molecular flexibility index (Phi) is 6.56. The summed E-state index contributed by atoms with van der Waals surface area (Å²) in [5, 5.41) is 0. The van der Waals surface area contributed by atoms with Gasteiger partial charge < -0.3 is 0 Å². The number of carbonyl (C=O) groups is 1. The quantitative estimate of drug-likeness (QED) is 0.570. The van der Waals surface area contributed by atoms with Gasteiger partial charge in [0.05, 0.1) is 0 Å². The Balaban J connectivity index is 2.41. The van der Waals surface area contributed by atoms with Crippen molar-refractivity contribution in [1.82, 2.24) is 0 Å². The summed E-state index contributed by atoms with van der Waals surface area (Å²) in [6, 6.07) is 0. The Morgan fingerprint density at radius 3 is 2.53 bits per heavy atom. The average molecular weight is 266 g/mol. The first-order valence-electron chi connectivity index (χ1n) is 8.39. The number of hydrogen-bond donors (Lipinski definition) is 0. The Morgan fingerprint density at radius 1 is 1.21 bits per heavy atom. The van der Waals surface area contributed by atoms with Gasteiger partial charge in [0.1, 0.15) is 5.78 Å². The summed E-state index contributed by atoms with van der Waals surface area (Å²) in [6.07, 6.45) is 9.13. The fourth-order valence-electron chi connectivity index (χ4n) is 3.33. The second-order valence-corrected chi connectivity index (χ2v) is 7.60.